The predicted octanol–water partition coefficient (Wildman–Crippen LogP) is 4.44. The number of aryl methyl sites for hydroxylation is 1. The van der Waals surface area contributed by atoms with E-state index in [1.165, 1.54) is 18.4 Å². The summed E-state index contributed by atoms with van der Waals surface area (Å²) < 4.78 is 7.61. The molecule has 0 spiro atoms. The third-order valence-corrected chi connectivity index (χ3v) is 6.18. The van der Waals surface area contributed by atoms with Crippen molar-refractivity contribution in [3.8, 4) is 0 Å². The molecule has 0 aliphatic heterocycles. The number of carbonyl (C=O) groups excluding carboxylic acids is 2. The van der Waals surface area contributed by atoms with Crippen LogP contribution in [0.2, 0.25) is 0 Å². The van der Waals surface area contributed by atoms with Gasteiger partial charge in [0.25, 0.3) is 5.91 Å². The van der Waals surface area contributed by atoms with Gasteiger partial charge in [-0.1, -0.05) is 84.1 Å². The van der Waals surface area contributed by atoms with E-state index in [1.54, 1.807) is 4.57 Å². The zero-order valence-electron chi connectivity index (χ0n) is 17.3. The van der Waals surface area contributed by atoms with E-state index in [2.05, 4.69) is 4.99 Å². The van der Waals surface area contributed by atoms with E-state index < -0.39 is 5.92 Å². The fraction of sp³-hybridized carbons (Fsp3) is 0.160. The van der Waals surface area contributed by atoms with Crippen molar-refractivity contribution in [2.45, 2.75) is 19.4 Å². The Bertz CT molecular complexity index is 1250. The van der Waals surface area contributed by atoms with E-state index in [0.717, 1.165) is 26.9 Å². The molecule has 4 rings (SSSR count). The number of hydrogen-bond acceptors (Lipinski definition) is 4. The van der Waals surface area contributed by atoms with E-state index in [1.807, 2.05) is 85.8 Å². The van der Waals surface area contributed by atoms with Gasteiger partial charge < -0.3 is 9.30 Å². The van der Waals surface area contributed by atoms with Gasteiger partial charge in [0.05, 0.1) is 23.2 Å². The molecule has 0 aliphatic carbocycles. The Balaban J connectivity index is 1.88. The molecule has 3 aromatic carbocycles. The molecule has 5 nitrogen and oxygen atoms in total. The van der Waals surface area contributed by atoms with Crippen LogP contribution in [0.4, 0.5) is 0 Å². The van der Waals surface area contributed by atoms with Crippen LogP contribution in [-0.4, -0.2) is 23.6 Å². The Kier molecular flexibility index (Phi) is 6.09. The largest absolute Gasteiger partial charge is 0.468 e. The van der Waals surface area contributed by atoms with E-state index in [9.17, 15) is 9.59 Å². The Morgan fingerprint density at radius 2 is 1.55 bits per heavy atom. The summed E-state index contributed by atoms with van der Waals surface area (Å²) in [6, 6.07) is 25.1. The first kappa shape index (κ1) is 20.8. The molecule has 0 atom stereocenters. The summed E-state index contributed by atoms with van der Waals surface area (Å²) in [4.78, 5) is 30.6. The number of thiazole rings is 1. The topological polar surface area (TPSA) is 60.7 Å². The van der Waals surface area contributed by atoms with Gasteiger partial charge in [-0.2, -0.15) is 4.99 Å². The fourth-order valence-electron chi connectivity index (χ4n) is 3.66. The molecule has 0 saturated carbocycles. The summed E-state index contributed by atoms with van der Waals surface area (Å²) in [5, 5.41) is 0. The number of esters is 1. The fourth-order valence-corrected chi connectivity index (χ4v) is 4.77. The normalized spacial score (nSPS) is 11.8. The molecule has 1 heterocycles. The van der Waals surface area contributed by atoms with Gasteiger partial charge in [-0.25, -0.2) is 0 Å². The number of methoxy groups -OCH3 is 1. The molecule has 31 heavy (non-hydrogen) atoms. The summed E-state index contributed by atoms with van der Waals surface area (Å²) in [5.41, 5.74) is 3.65. The highest BCUT2D eigenvalue weighted by atomic mass is 32.1. The van der Waals surface area contributed by atoms with Crippen molar-refractivity contribution in [3.63, 3.8) is 0 Å². The molecule has 6 heteroatoms. The number of hydrogen-bond donors (Lipinski definition) is 0. The van der Waals surface area contributed by atoms with Crippen LogP contribution in [-0.2, 0) is 20.9 Å². The first-order valence-electron chi connectivity index (χ1n) is 9.92. The van der Waals surface area contributed by atoms with Crippen molar-refractivity contribution >= 4 is 33.4 Å². The van der Waals surface area contributed by atoms with Crippen molar-refractivity contribution < 1.29 is 14.3 Å². The highest BCUT2D eigenvalue weighted by Gasteiger charge is 2.23. The summed E-state index contributed by atoms with van der Waals surface area (Å²) in [5.74, 6) is -1.19. The number of amides is 1. The number of benzene rings is 3. The molecule has 0 fully saturated rings. The maximum Gasteiger partial charge on any atom is 0.325 e. The van der Waals surface area contributed by atoms with Gasteiger partial charge in [-0.3, -0.25) is 9.59 Å². The minimum atomic E-state index is -0.528. The molecule has 4 aromatic rings. The molecule has 0 radical (unpaired) electrons. The van der Waals surface area contributed by atoms with Crippen molar-refractivity contribution in [1.29, 1.82) is 0 Å². The Morgan fingerprint density at radius 3 is 2.13 bits per heavy atom. The van der Waals surface area contributed by atoms with E-state index in [4.69, 9.17) is 4.74 Å². The third kappa shape index (κ3) is 4.34. The molecule has 1 amide bonds. The molecular formula is C25H22N2O3S. The summed E-state index contributed by atoms with van der Waals surface area (Å²) in [7, 11) is 1.35. The van der Waals surface area contributed by atoms with Gasteiger partial charge in [0.2, 0.25) is 0 Å². The van der Waals surface area contributed by atoms with Crippen molar-refractivity contribution in [1.82, 2.24) is 4.57 Å². The smallest absolute Gasteiger partial charge is 0.325 e. The lowest BCUT2D eigenvalue weighted by molar-refractivity contribution is -0.141. The van der Waals surface area contributed by atoms with E-state index in [-0.39, 0.29) is 18.4 Å². The van der Waals surface area contributed by atoms with E-state index in [0.29, 0.717) is 4.80 Å². The number of nitrogens with zero attached hydrogens (tertiary/aromatic N) is 2. The molecule has 0 unspecified atom stereocenters. The van der Waals surface area contributed by atoms with Crippen LogP contribution in [0.15, 0.2) is 83.9 Å². The second kappa shape index (κ2) is 9.10. The molecule has 1 aromatic heterocycles. The average molecular weight is 431 g/mol. The number of para-hydroxylation sites is 1. The minimum Gasteiger partial charge on any atom is -0.468 e. The Hall–Kier alpha value is -3.51. The zero-order valence-corrected chi connectivity index (χ0v) is 18.1. The molecule has 0 aliphatic rings. The second-order valence-corrected chi connectivity index (χ2v) is 8.18. The average Bonchev–Trinajstić information content (AvgIpc) is 3.13. The van der Waals surface area contributed by atoms with Gasteiger partial charge in [-0.15, -0.1) is 0 Å². The Morgan fingerprint density at radius 1 is 0.935 bits per heavy atom. The van der Waals surface area contributed by atoms with Crippen LogP contribution in [0.25, 0.3) is 10.2 Å². The molecule has 0 saturated heterocycles. The number of rotatable bonds is 5. The molecular weight excluding hydrogens is 408 g/mol. The number of aromatic nitrogens is 1. The van der Waals surface area contributed by atoms with Crippen molar-refractivity contribution in [2.75, 3.05) is 7.11 Å². The van der Waals surface area contributed by atoms with Crippen LogP contribution in [0.1, 0.15) is 22.6 Å². The highest BCUT2D eigenvalue weighted by Crippen LogP contribution is 2.26. The molecule has 156 valence electrons. The van der Waals surface area contributed by atoms with Crippen LogP contribution >= 0.6 is 11.3 Å². The lowest BCUT2D eigenvalue weighted by atomic mass is 9.91. The van der Waals surface area contributed by atoms with Crippen molar-refractivity contribution in [2.24, 2.45) is 4.99 Å². The Labute approximate surface area is 184 Å². The summed E-state index contributed by atoms with van der Waals surface area (Å²) >= 11 is 1.39. The number of ether oxygens (including phenoxy) is 1. The summed E-state index contributed by atoms with van der Waals surface area (Å²) in [6.45, 7) is 1.97. The van der Waals surface area contributed by atoms with Gasteiger partial charge in [-0.05, 0) is 29.7 Å². The van der Waals surface area contributed by atoms with Crippen molar-refractivity contribution in [3.05, 3.63) is 100 Å². The summed E-state index contributed by atoms with van der Waals surface area (Å²) in [6.07, 6.45) is 0. The first-order chi connectivity index (χ1) is 15.1. The van der Waals surface area contributed by atoms with Crippen LogP contribution < -0.4 is 4.80 Å². The van der Waals surface area contributed by atoms with E-state index >= 15 is 0 Å². The maximum absolute atomic E-state index is 13.5. The minimum absolute atomic E-state index is 0.00515. The molecule has 0 N–H and O–H groups in total. The monoisotopic (exact) mass is 430 g/mol. The van der Waals surface area contributed by atoms with Crippen LogP contribution in [0, 0.1) is 6.92 Å². The number of fused-ring (bicyclic) bond motifs is 1. The lowest BCUT2D eigenvalue weighted by Gasteiger charge is -2.14. The van der Waals surface area contributed by atoms with Gasteiger partial charge in [0.1, 0.15) is 6.54 Å². The number of carbonyl (C=O) groups is 2. The van der Waals surface area contributed by atoms with Gasteiger partial charge >= 0.3 is 5.97 Å². The quantitative estimate of drug-likeness (QED) is 0.440. The predicted molar refractivity (Wildman–Crippen MR) is 122 cm³/mol. The van der Waals surface area contributed by atoms with Gasteiger partial charge in [0, 0.05) is 0 Å². The second-order valence-electron chi connectivity index (χ2n) is 7.17. The highest BCUT2D eigenvalue weighted by molar-refractivity contribution is 7.16. The lowest BCUT2D eigenvalue weighted by Crippen LogP contribution is -2.24. The molecule has 0 bridgehead atoms. The third-order valence-electron chi connectivity index (χ3n) is 5.14. The van der Waals surface area contributed by atoms with Gasteiger partial charge in [0.15, 0.2) is 4.80 Å². The standard InChI is InChI=1S/C25H22N2O3S/c1-17-10-9-15-20-23(17)27(16-21(28)30-2)25(31-20)26-24(29)22(18-11-5-3-6-12-18)19-13-7-4-8-14-19/h3-15,22H,16H2,1-2H3. The first-order valence-corrected chi connectivity index (χ1v) is 10.7. The van der Waals surface area contributed by atoms with Crippen LogP contribution in [0.3, 0.4) is 0 Å². The SMILES string of the molecule is COC(=O)Cn1c(=NC(=O)C(c2ccccc2)c2ccccc2)sc2cccc(C)c21. The maximum atomic E-state index is 13.5. The zero-order chi connectivity index (χ0) is 21.8. The van der Waals surface area contributed by atoms with Crippen LogP contribution in [0.5, 0.6) is 0 Å².